The Labute approximate surface area is 166 Å². The van der Waals surface area contributed by atoms with Crippen LogP contribution >= 0.6 is 0 Å². The molecule has 0 aliphatic heterocycles. The molecule has 1 aromatic heterocycles. The highest BCUT2D eigenvalue weighted by atomic mass is 16.8. The smallest absolute Gasteiger partial charge is 0.447 e. The molecule has 0 atom stereocenters. The van der Waals surface area contributed by atoms with Crippen LogP contribution in [0.4, 0.5) is 10.5 Å². The molecule has 0 aliphatic rings. The van der Waals surface area contributed by atoms with Crippen LogP contribution in [0.5, 0.6) is 5.75 Å². The van der Waals surface area contributed by atoms with Crippen molar-refractivity contribution in [2.24, 2.45) is 0 Å². The minimum absolute atomic E-state index is 0.136. The van der Waals surface area contributed by atoms with E-state index in [-0.39, 0.29) is 13.2 Å². The Kier molecular flexibility index (Phi) is 6.30. The number of methoxy groups -OCH3 is 2. The third-order valence-corrected chi connectivity index (χ3v) is 3.88. The van der Waals surface area contributed by atoms with Gasteiger partial charge in [0.1, 0.15) is 17.9 Å². The summed E-state index contributed by atoms with van der Waals surface area (Å²) in [5.74, 6) is 0.229. The number of carbonyl (C=O) groups excluding carboxylic acids is 2. The molecule has 1 heterocycles. The number of hydrogen-bond donors (Lipinski definition) is 0. The van der Waals surface area contributed by atoms with E-state index in [9.17, 15) is 9.59 Å². The molecule has 3 aromatic rings. The first-order valence-electron chi connectivity index (χ1n) is 8.67. The van der Waals surface area contributed by atoms with E-state index < -0.39 is 12.1 Å². The van der Waals surface area contributed by atoms with E-state index in [4.69, 9.17) is 18.7 Å². The molecule has 1 amide bonds. The van der Waals surface area contributed by atoms with Crippen LogP contribution in [0, 0.1) is 6.92 Å². The normalized spacial score (nSPS) is 10.6. The number of para-hydroxylation sites is 2. The molecule has 2 aromatic carbocycles. The molecule has 3 rings (SSSR count). The number of amides is 1. The molecule has 0 unspecified atom stereocenters. The number of hydroxylamine groups is 1. The quantitative estimate of drug-likeness (QED) is 0.581. The molecule has 0 radical (unpaired) electrons. The zero-order chi connectivity index (χ0) is 20.8. The van der Waals surface area contributed by atoms with Gasteiger partial charge in [0, 0.05) is 7.11 Å². The number of hydrogen-bond acceptors (Lipinski definition) is 8. The number of fused-ring (bicyclic) bond motifs is 1. The summed E-state index contributed by atoms with van der Waals surface area (Å²) in [4.78, 5) is 33.1. The van der Waals surface area contributed by atoms with Crippen molar-refractivity contribution < 1.29 is 33.1 Å². The zero-order valence-electron chi connectivity index (χ0n) is 16.2. The lowest BCUT2D eigenvalue weighted by molar-refractivity contribution is -0.148. The van der Waals surface area contributed by atoms with Gasteiger partial charge in [0.05, 0.1) is 12.8 Å². The Hall–Kier alpha value is -3.59. The number of rotatable bonds is 6. The van der Waals surface area contributed by atoms with Crippen LogP contribution < -0.4 is 9.80 Å². The number of ether oxygens (including phenoxy) is 3. The Bertz CT molecular complexity index is 982. The predicted octanol–water partition coefficient (Wildman–Crippen LogP) is 3.39. The Balaban J connectivity index is 1.73. The van der Waals surface area contributed by atoms with E-state index in [1.165, 1.54) is 14.2 Å². The summed E-state index contributed by atoms with van der Waals surface area (Å²) in [6.45, 7) is 1.57. The number of benzene rings is 2. The van der Waals surface area contributed by atoms with Gasteiger partial charge >= 0.3 is 12.1 Å². The lowest BCUT2D eigenvalue weighted by Crippen LogP contribution is -2.35. The van der Waals surface area contributed by atoms with Crippen LogP contribution in [0.3, 0.4) is 0 Å². The number of aryl methyl sites for hydroxylation is 1. The highest BCUT2D eigenvalue weighted by Crippen LogP contribution is 2.27. The monoisotopic (exact) mass is 400 g/mol. The molecule has 0 saturated carbocycles. The van der Waals surface area contributed by atoms with Crippen molar-refractivity contribution in [1.82, 2.24) is 4.98 Å². The topological polar surface area (TPSA) is 100 Å². The fraction of sp³-hybridized carbons (Fsp3) is 0.250. The Morgan fingerprint density at radius 1 is 1.14 bits per heavy atom. The average molecular weight is 400 g/mol. The van der Waals surface area contributed by atoms with Gasteiger partial charge in [-0.2, -0.15) is 0 Å². The fourth-order valence-corrected chi connectivity index (χ4v) is 2.59. The van der Waals surface area contributed by atoms with Crippen molar-refractivity contribution in [1.29, 1.82) is 0 Å². The summed E-state index contributed by atoms with van der Waals surface area (Å²) in [6, 6.07) is 12.3. The van der Waals surface area contributed by atoms with Crippen LogP contribution in [-0.4, -0.2) is 37.9 Å². The summed E-state index contributed by atoms with van der Waals surface area (Å²) in [6.07, 6.45) is -0.849. The fourth-order valence-electron chi connectivity index (χ4n) is 2.59. The molecule has 9 nitrogen and oxygen atoms in total. The summed E-state index contributed by atoms with van der Waals surface area (Å²) in [5.41, 5.74) is 2.39. The third-order valence-electron chi connectivity index (χ3n) is 3.88. The molecular weight excluding hydrogens is 380 g/mol. The van der Waals surface area contributed by atoms with Gasteiger partial charge in [0.2, 0.25) is 5.89 Å². The first kappa shape index (κ1) is 20.2. The first-order valence-corrected chi connectivity index (χ1v) is 8.67. The average Bonchev–Trinajstić information content (AvgIpc) is 3.13. The summed E-state index contributed by atoms with van der Waals surface area (Å²) in [7, 11) is 2.53. The van der Waals surface area contributed by atoms with Gasteiger partial charge in [0.15, 0.2) is 12.2 Å². The number of anilines is 1. The summed E-state index contributed by atoms with van der Waals surface area (Å²) in [5, 5.41) is 0.765. The van der Waals surface area contributed by atoms with E-state index in [0.717, 1.165) is 10.6 Å². The van der Waals surface area contributed by atoms with Gasteiger partial charge in [-0.3, -0.25) is 0 Å². The molecule has 152 valence electrons. The SMILES string of the molecule is COCC(=O)ON(C(=O)OC)c1ccc(OCc2nc3ccccc3o2)cc1C. The number of oxazole rings is 1. The molecular formula is C20H20N2O7. The second-order valence-corrected chi connectivity index (χ2v) is 5.97. The van der Waals surface area contributed by atoms with Crippen LogP contribution in [-0.2, 0) is 25.7 Å². The van der Waals surface area contributed by atoms with Gasteiger partial charge in [-0.1, -0.05) is 12.1 Å². The van der Waals surface area contributed by atoms with Gasteiger partial charge in [0.25, 0.3) is 0 Å². The third kappa shape index (κ3) is 4.82. The van der Waals surface area contributed by atoms with E-state index >= 15 is 0 Å². The lowest BCUT2D eigenvalue weighted by atomic mass is 10.2. The largest absolute Gasteiger partial charge is 0.484 e. The number of carbonyl (C=O) groups is 2. The minimum Gasteiger partial charge on any atom is -0.484 e. The first-order chi connectivity index (χ1) is 14.0. The molecule has 9 heteroatoms. The predicted molar refractivity (Wildman–Crippen MR) is 102 cm³/mol. The molecule has 29 heavy (non-hydrogen) atoms. The summed E-state index contributed by atoms with van der Waals surface area (Å²) >= 11 is 0. The van der Waals surface area contributed by atoms with Gasteiger partial charge < -0.3 is 23.5 Å². The maximum Gasteiger partial charge on any atom is 0.447 e. The standard InChI is InChI=1S/C20H20N2O7/c1-13-10-14(27-11-18-21-15-6-4-5-7-17(15)28-18)8-9-16(13)22(20(24)26-3)29-19(23)12-25-2/h4-10H,11-12H2,1-3H3. The maximum absolute atomic E-state index is 12.0. The van der Waals surface area contributed by atoms with Crippen molar-refractivity contribution in [3.63, 3.8) is 0 Å². The molecule has 0 aliphatic carbocycles. The van der Waals surface area contributed by atoms with Gasteiger partial charge in [-0.05, 0) is 42.8 Å². The highest BCUT2D eigenvalue weighted by Gasteiger charge is 2.23. The van der Waals surface area contributed by atoms with Crippen LogP contribution in [0.2, 0.25) is 0 Å². The zero-order valence-corrected chi connectivity index (χ0v) is 16.2. The van der Waals surface area contributed by atoms with E-state index in [1.807, 2.05) is 24.3 Å². The van der Waals surface area contributed by atoms with Gasteiger partial charge in [-0.15, -0.1) is 5.06 Å². The second kappa shape index (κ2) is 9.07. The Morgan fingerprint density at radius 2 is 1.93 bits per heavy atom. The second-order valence-electron chi connectivity index (χ2n) is 5.97. The molecule has 0 bridgehead atoms. The van der Waals surface area contributed by atoms with Crippen LogP contribution in [0.25, 0.3) is 11.1 Å². The number of aromatic nitrogens is 1. The Morgan fingerprint density at radius 3 is 2.62 bits per heavy atom. The molecule has 0 saturated heterocycles. The van der Waals surface area contributed by atoms with Crippen molar-refractivity contribution in [2.75, 3.05) is 25.9 Å². The van der Waals surface area contributed by atoms with E-state index in [1.54, 1.807) is 25.1 Å². The van der Waals surface area contributed by atoms with Crippen molar-refractivity contribution in [3.05, 3.63) is 53.9 Å². The maximum atomic E-state index is 12.0. The van der Waals surface area contributed by atoms with Crippen molar-refractivity contribution >= 4 is 28.8 Å². The van der Waals surface area contributed by atoms with Crippen molar-refractivity contribution in [2.45, 2.75) is 13.5 Å². The molecule has 0 fully saturated rings. The van der Waals surface area contributed by atoms with Crippen molar-refractivity contribution in [3.8, 4) is 5.75 Å². The van der Waals surface area contributed by atoms with Crippen LogP contribution in [0.15, 0.2) is 46.9 Å². The van der Waals surface area contributed by atoms with E-state index in [2.05, 4.69) is 9.72 Å². The van der Waals surface area contributed by atoms with Crippen LogP contribution in [0.1, 0.15) is 11.5 Å². The number of nitrogens with zero attached hydrogens (tertiary/aromatic N) is 2. The van der Waals surface area contributed by atoms with E-state index in [0.29, 0.717) is 28.5 Å². The minimum atomic E-state index is -0.849. The molecule has 0 spiro atoms. The highest BCUT2D eigenvalue weighted by molar-refractivity contribution is 5.89. The van der Waals surface area contributed by atoms with Gasteiger partial charge in [-0.25, -0.2) is 14.6 Å². The molecule has 0 N–H and O–H groups in total. The lowest BCUT2D eigenvalue weighted by Gasteiger charge is -2.21. The summed E-state index contributed by atoms with van der Waals surface area (Å²) < 4.78 is 20.7.